The van der Waals surface area contributed by atoms with Crippen molar-refractivity contribution >= 4 is 17.5 Å². The Labute approximate surface area is 136 Å². The number of halogens is 1. The lowest BCUT2D eigenvalue weighted by molar-refractivity contribution is -0.109. The van der Waals surface area contributed by atoms with Gasteiger partial charge in [-0.2, -0.15) is 0 Å². The summed E-state index contributed by atoms with van der Waals surface area (Å²) in [5.41, 5.74) is 0.184. The second-order valence-corrected chi connectivity index (χ2v) is 6.09. The van der Waals surface area contributed by atoms with E-state index >= 15 is 0 Å². The molecule has 0 aliphatic heterocycles. The largest absolute Gasteiger partial charge is 0.444 e. The van der Waals surface area contributed by atoms with Crippen LogP contribution in [-0.4, -0.2) is 38.2 Å². The summed E-state index contributed by atoms with van der Waals surface area (Å²) in [7, 11) is 3.02. The van der Waals surface area contributed by atoms with Crippen LogP contribution in [0, 0.1) is 5.82 Å². The zero-order valence-electron chi connectivity index (χ0n) is 14.4. The fourth-order valence-electron chi connectivity index (χ4n) is 1.98. The third-order valence-corrected chi connectivity index (χ3v) is 2.87. The van der Waals surface area contributed by atoms with E-state index in [0.29, 0.717) is 11.4 Å². The molecule has 0 aliphatic carbocycles. The highest BCUT2D eigenvalue weighted by molar-refractivity contribution is 5.89. The van der Waals surface area contributed by atoms with E-state index in [1.54, 1.807) is 20.8 Å². The number of anilines is 2. The molecule has 0 aliphatic rings. The maximum atomic E-state index is 13.5. The fourth-order valence-corrected chi connectivity index (χ4v) is 1.98. The molecule has 1 unspecified atom stereocenters. The zero-order valence-corrected chi connectivity index (χ0v) is 14.4. The SMILES string of the molecule is COC(OC)C(C)Nc1cc(F)ccc1NC(=O)OC(C)(C)C. The molecule has 0 saturated heterocycles. The molecule has 2 N–H and O–H groups in total. The molecular formula is C16H25FN2O4. The second-order valence-electron chi connectivity index (χ2n) is 6.09. The molecule has 0 saturated carbocycles. The minimum atomic E-state index is -0.623. The average Bonchev–Trinajstić information content (AvgIpc) is 2.41. The molecule has 0 aromatic heterocycles. The summed E-state index contributed by atoms with van der Waals surface area (Å²) < 4.78 is 29.0. The van der Waals surface area contributed by atoms with Gasteiger partial charge in [0.15, 0.2) is 6.29 Å². The third-order valence-electron chi connectivity index (χ3n) is 2.87. The predicted octanol–water partition coefficient (Wildman–Crippen LogP) is 3.59. The van der Waals surface area contributed by atoms with Crippen LogP contribution < -0.4 is 10.6 Å². The fraction of sp³-hybridized carbons (Fsp3) is 0.562. The molecular weight excluding hydrogens is 303 g/mol. The summed E-state index contributed by atoms with van der Waals surface area (Å²) >= 11 is 0. The van der Waals surface area contributed by atoms with Gasteiger partial charge in [0.1, 0.15) is 11.4 Å². The molecule has 7 heteroatoms. The van der Waals surface area contributed by atoms with E-state index in [9.17, 15) is 9.18 Å². The summed E-state index contributed by atoms with van der Waals surface area (Å²) in [5, 5.41) is 5.66. The van der Waals surface area contributed by atoms with E-state index in [0.717, 1.165) is 0 Å². The summed E-state index contributed by atoms with van der Waals surface area (Å²) in [6, 6.07) is 3.73. The van der Waals surface area contributed by atoms with E-state index < -0.39 is 23.8 Å². The molecule has 1 rings (SSSR count). The number of benzene rings is 1. The molecule has 6 nitrogen and oxygen atoms in total. The number of hydrogen-bond acceptors (Lipinski definition) is 5. The second kappa shape index (κ2) is 8.12. The van der Waals surface area contributed by atoms with Gasteiger partial charge in [0.2, 0.25) is 0 Å². The molecule has 0 bridgehead atoms. The summed E-state index contributed by atoms with van der Waals surface area (Å²) in [6.07, 6.45) is -1.14. The molecule has 1 aromatic carbocycles. The minimum Gasteiger partial charge on any atom is -0.444 e. The van der Waals surface area contributed by atoms with Crippen molar-refractivity contribution in [1.29, 1.82) is 0 Å². The predicted molar refractivity (Wildman–Crippen MR) is 87.1 cm³/mol. The molecule has 0 heterocycles. The Balaban J connectivity index is 2.90. The Morgan fingerprint density at radius 1 is 1.17 bits per heavy atom. The lowest BCUT2D eigenvalue weighted by Gasteiger charge is -2.25. The topological polar surface area (TPSA) is 68.8 Å². The average molecular weight is 328 g/mol. The molecule has 1 aromatic rings. The smallest absolute Gasteiger partial charge is 0.412 e. The van der Waals surface area contributed by atoms with Gasteiger partial charge >= 0.3 is 6.09 Å². The first kappa shape index (κ1) is 19.2. The lowest BCUT2D eigenvalue weighted by atomic mass is 10.2. The zero-order chi connectivity index (χ0) is 17.6. The number of carbonyl (C=O) groups excluding carboxylic acids is 1. The highest BCUT2D eigenvalue weighted by Gasteiger charge is 2.20. The Morgan fingerprint density at radius 3 is 2.30 bits per heavy atom. The maximum absolute atomic E-state index is 13.5. The quantitative estimate of drug-likeness (QED) is 0.781. The normalized spacial score (nSPS) is 12.9. The Hall–Kier alpha value is -1.86. The van der Waals surface area contributed by atoms with Crippen molar-refractivity contribution in [2.45, 2.75) is 45.6 Å². The lowest BCUT2D eigenvalue weighted by Crippen LogP contribution is -2.34. The van der Waals surface area contributed by atoms with Crippen molar-refractivity contribution in [2.75, 3.05) is 24.9 Å². The van der Waals surface area contributed by atoms with Crippen molar-refractivity contribution in [3.05, 3.63) is 24.0 Å². The Kier molecular flexibility index (Phi) is 6.78. The molecule has 1 amide bonds. The van der Waals surface area contributed by atoms with E-state index in [1.807, 2.05) is 6.92 Å². The van der Waals surface area contributed by atoms with Crippen LogP contribution in [0.1, 0.15) is 27.7 Å². The van der Waals surface area contributed by atoms with E-state index in [-0.39, 0.29) is 6.04 Å². The van der Waals surface area contributed by atoms with Crippen LogP contribution in [0.25, 0.3) is 0 Å². The Morgan fingerprint density at radius 2 is 1.78 bits per heavy atom. The van der Waals surface area contributed by atoms with Gasteiger partial charge < -0.3 is 19.5 Å². The number of amides is 1. The van der Waals surface area contributed by atoms with Gasteiger partial charge in [-0.15, -0.1) is 0 Å². The number of hydrogen-bond donors (Lipinski definition) is 2. The first-order chi connectivity index (χ1) is 10.7. The standard InChI is InChI=1S/C16H25FN2O4/c1-10(14(21-5)22-6)18-13-9-11(17)7-8-12(13)19-15(20)23-16(2,3)4/h7-10,14,18H,1-6H3,(H,19,20). The maximum Gasteiger partial charge on any atom is 0.412 e. The Bertz CT molecular complexity index is 527. The minimum absolute atomic E-state index is 0.272. The van der Waals surface area contributed by atoms with Crippen molar-refractivity contribution in [1.82, 2.24) is 0 Å². The third kappa shape index (κ3) is 6.42. The molecule has 0 radical (unpaired) electrons. The monoisotopic (exact) mass is 328 g/mol. The van der Waals surface area contributed by atoms with Gasteiger partial charge in [-0.3, -0.25) is 5.32 Å². The van der Waals surface area contributed by atoms with Crippen LogP contribution in [0.15, 0.2) is 18.2 Å². The number of rotatable bonds is 6. The number of methoxy groups -OCH3 is 2. The van der Waals surface area contributed by atoms with Gasteiger partial charge in [0.25, 0.3) is 0 Å². The van der Waals surface area contributed by atoms with Crippen LogP contribution >= 0.6 is 0 Å². The van der Waals surface area contributed by atoms with Gasteiger partial charge in [-0.05, 0) is 45.9 Å². The van der Waals surface area contributed by atoms with Gasteiger partial charge in [0, 0.05) is 14.2 Å². The molecule has 0 fully saturated rings. The molecule has 1 atom stereocenters. The van der Waals surface area contributed by atoms with Crippen molar-refractivity contribution < 1.29 is 23.4 Å². The van der Waals surface area contributed by atoms with Crippen LogP contribution in [0.5, 0.6) is 0 Å². The highest BCUT2D eigenvalue weighted by Crippen LogP contribution is 2.25. The summed E-state index contributed by atoms with van der Waals surface area (Å²) in [6.45, 7) is 7.11. The highest BCUT2D eigenvalue weighted by atomic mass is 19.1. The van der Waals surface area contributed by atoms with E-state index in [4.69, 9.17) is 14.2 Å². The molecule has 23 heavy (non-hydrogen) atoms. The molecule has 130 valence electrons. The van der Waals surface area contributed by atoms with Crippen LogP contribution in [0.4, 0.5) is 20.6 Å². The van der Waals surface area contributed by atoms with Crippen molar-refractivity contribution in [3.8, 4) is 0 Å². The van der Waals surface area contributed by atoms with Crippen molar-refractivity contribution in [2.24, 2.45) is 0 Å². The first-order valence-corrected chi connectivity index (χ1v) is 7.28. The van der Waals surface area contributed by atoms with Crippen LogP contribution in [0.2, 0.25) is 0 Å². The van der Waals surface area contributed by atoms with Crippen LogP contribution in [-0.2, 0) is 14.2 Å². The van der Waals surface area contributed by atoms with Gasteiger partial charge in [-0.1, -0.05) is 0 Å². The molecule has 0 spiro atoms. The number of carbonyl (C=O) groups is 1. The number of ether oxygens (including phenoxy) is 3. The van der Waals surface area contributed by atoms with E-state index in [1.165, 1.54) is 32.4 Å². The van der Waals surface area contributed by atoms with E-state index in [2.05, 4.69) is 10.6 Å². The van der Waals surface area contributed by atoms with Gasteiger partial charge in [-0.25, -0.2) is 9.18 Å². The summed E-state index contributed by atoms with van der Waals surface area (Å²) in [5.74, 6) is -0.430. The van der Waals surface area contributed by atoms with Gasteiger partial charge in [0.05, 0.1) is 17.4 Å². The number of nitrogens with one attached hydrogen (secondary N) is 2. The first-order valence-electron chi connectivity index (χ1n) is 7.28. The van der Waals surface area contributed by atoms with Crippen LogP contribution in [0.3, 0.4) is 0 Å². The summed E-state index contributed by atoms with van der Waals surface area (Å²) in [4.78, 5) is 11.9. The van der Waals surface area contributed by atoms with Crippen molar-refractivity contribution in [3.63, 3.8) is 0 Å².